The van der Waals surface area contributed by atoms with Crippen molar-refractivity contribution >= 4 is 62.2 Å². The van der Waals surface area contributed by atoms with E-state index < -0.39 is 10.8 Å². The third-order valence-electron chi connectivity index (χ3n) is 4.45. The first-order chi connectivity index (χ1) is 14.8. The lowest BCUT2D eigenvalue weighted by atomic mass is 10.1. The van der Waals surface area contributed by atoms with Gasteiger partial charge < -0.3 is 4.42 Å². The first kappa shape index (κ1) is 21.4. The largest absolute Gasteiger partial charge is 0.456 e. The minimum atomic E-state index is -0.545. The third-order valence-corrected chi connectivity index (χ3v) is 6.12. The monoisotopic (exact) mass is 518 g/mol. The highest BCUT2D eigenvalue weighted by atomic mass is 79.9. The number of thioether (sulfide) groups is 1. The van der Waals surface area contributed by atoms with Gasteiger partial charge in [-0.25, -0.2) is 0 Å². The lowest BCUT2D eigenvalue weighted by molar-refractivity contribution is -0.384. The van der Waals surface area contributed by atoms with Gasteiger partial charge in [-0.05, 0) is 53.7 Å². The molecule has 0 unspecified atom stereocenters. The normalized spacial score (nSPS) is 15.2. The van der Waals surface area contributed by atoms with Gasteiger partial charge in [0.1, 0.15) is 11.5 Å². The molecule has 0 spiro atoms. The molecule has 3 aromatic rings. The SMILES string of the molecule is O=C1S/C(=C/c2ccc(-c3ccc(Cl)cc3[N+](=O)[O-])o2)C(=O)N1Cc1ccc(Br)cc1. The standard InChI is InChI=1S/C21H12BrClN2O5S/c22-13-3-1-12(2-4-13)11-24-20(26)19(31-21(24)27)10-15-6-8-18(30-15)16-7-5-14(23)9-17(16)25(28)29/h1-10H,11H2/b19-10+. The van der Waals surface area contributed by atoms with Crippen LogP contribution in [0.2, 0.25) is 5.02 Å². The zero-order chi connectivity index (χ0) is 22.1. The maximum absolute atomic E-state index is 12.7. The zero-order valence-corrected chi connectivity index (χ0v) is 18.7. The van der Waals surface area contributed by atoms with Crippen LogP contribution in [0.1, 0.15) is 11.3 Å². The number of rotatable bonds is 5. The van der Waals surface area contributed by atoms with Crippen molar-refractivity contribution in [3.63, 3.8) is 0 Å². The minimum absolute atomic E-state index is 0.162. The number of halogens is 2. The Morgan fingerprint density at radius 2 is 1.87 bits per heavy atom. The molecule has 1 aromatic heterocycles. The Morgan fingerprint density at radius 1 is 1.13 bits per heavy atom. The molecule has 7 nitrogen and oxygen atoms in total. The van der Waals surface area contributed by atoms with E-state index in [9.17, 15) is 19.7 Å². The lowest BCUT2D eigenvalue weighted by Crippen LogP contribution is -2.27. The molecule has 0 radical (unpaired) electrons. The van der Waals surface area contributed by atoms with Crippen molar-refractivity contribution in [3.05, 3.63) is 90.4 Å². The Kier molecular flexibility index (Phi) is 5.99. The van der Waals surface area contributed by atoms with Gasteiger partial charge in [-0.1, -0.05) is 39.7 Å². The van der Waals surface area contributed by atoms with E-state index in [1.807, 2.05) is 24.3 Å². The molecule has 1 fully saturated rings. The van der Waals surface area contributed by atoms with Gasteiger partial charge in [0.2, 0.25) is 0 Å². The molecule has 1 aliphatic rings. The summed E-state index contributed by atoms with van der Waals surface area (Å²) < 4.78 is 6.59. The fourth-order valence-corrected chi connectivity index (χ4v) is 4.23. The maximum atomic E-state index is 12.7. The van der Waals surface area contributed by atoms with Gasteiger partial charge in [-0.3, -0.25) is 24.6 Å². The highest BCUT2D eigenvalue weighted by Gasteiger charge is 2.35. The Labute approximate surface area is 193 Å². The fraction of sp³-hybridized carbons (Fsp3) is 0.0476. The van der Waals surface area contributed by atoms with Gasteiger partial charge in [0.25, 0.3) is 16.8 Å². The van der Waals surface area contributed by atoms with Gasteiger partial charge in [0.15, 0.2) is 0 Å². The number of nitro groups is 1. The van der Waals surface area contributed by atoms with Gasteiger partial charge in [0, 0.05) is 21.6 Å². The van der Waals surface area contributed by atoms with Crippen LogP contribution in [0.3, 0.4) is 0 Å². The molecular weight excluding hydrogens is 508 g/mol. The molecule has 31 heavy (non-hydrogen) atoms. The second-order valence-electron chi connectivity index (χ2n) is 6.51. The van der Waals surface area contributed by atoms with E-state index in [1.54, 1.807) is 12.1 Å². The first-order valence-electron chi connectivity index (χ1n) is 8.86. The highest BCUT2D eigenvalue weighted by molar-refractivity contribution is 9.10. The van der Waals surface area contributed by atoms with E-state index in [1.165, 1.54) is 24.3 Å². The smallest absolute Gasteiger partial charge is 0.293 e. The molecular formula is C21H12BrClN2O5S. The zero-order valence-electron chi connectivity index (χ0n) is 15.6. The molecule has 0 saturated carbocycles. The van der Waals surface area contributed by atoms with Crippen molar-refractivity contribution < 1.29 is 18.9 Å². The van der Waals surface area contributed by atoms with E-state index in [-0.39, 0.29) is 38.7 Å². The number of amides is 2. The second kappa shape index (κ2) is 8.70. The molecule has 0 bridgehead atoms. The van der Waals surface area contributed by atoms with Gasteiger partial charge in [-0.2, -0.15) is 0 Å². The molecule has 0 N–H and O–H groups in total. The first-order valence-corrected chi connectivity index (χ1v) is 10.8. The summed E-state index contributed by atoms with van der Waals surface area (Å²) >= 11 is 10.0. The predicted octanol–water partition coefficient (Wildman–Crippen LogP) is 6.51. The second-order valence-corrected chi connectivity index (χ2v) is 8.86. The van der Waals surface area contributed by atoms with Crippen molar-refractivity contribution in [3.8, 4) is 11.3 Å². The number of carbonyl (C=O) groups excluding carboxylic acids is 2. The molecule has 1 aliphatic heterocycles. The van der Waals surface area contributed by atoms with Crippen LogP contribution in [-0.2, 0) is 11.3 Å². The minimum Gasteiger partial charge on any atom is -0.456 e. The quantitative estimate of drug-likeness (QED) is 0.217. The average molecular weight is 520 g/mol. The fourth-order valence-electron chi connectivity index (χ4n) is 2.98. The predicted molar refractivity (Wildman–Crippen MR) is 121 cm³/mol. The van der Waals surface area contributed by atoms with Crippen molar-refractivity contribution in [1.82, 2.24) is 4.90 Å². The summed E-state index contributed by atoms with van der Waals surface area (Å²) in [5.41, 5.74) is 0.891. The van der Waals surface area contributed by atoms with E-state index in [0.29, 0.717) is 5.76 Å². The Hall–Kier alpha value is -2.88. The maximum Gasteiger partial charge on any atom is 0.293 e. The van der Waals surface area contributed by atoms with E-state index >= 15 is 0 Å². The Bertz CT molecular complexity index is 1240. The number of carbonyl (C=O) groups is 2. The van der Waals surface area contributed by atoms with Crippen molar-refractivity contribution in [2.24, 2.45) is 0 Å². The number of furan rings is 1. The van der Waals surface area contributed by atoms with Gasteiger partial charge in [0.05, 0.1) is 21.9 Å². The topological polar surface area (TPSA) is 93.7 Å². The van der Waals surface area contributed by atoms with Crippen LogP contribution in [-0.4, -0.2) is 21.0 Å². The van der Waals surface area contributed by atoms with Crippen molar-refractivity contribution in [2.75, 3.05) is 0 Å². The number of nitro benzene ring substituents is 1. The summed E-state index contributed by atoms with van der Waals surface area (Å²) in [7, 11) is 0. The van der Waals surface area contributed by atoms with E-state index in [4.69, 9.17) is 16.0 Å². The average Bonchev–Trinajstić information content (AvgIpc) is 3.29. The molecule has 1 saturated heterocycles. The highest BCUT2D eigenvalue weighted by Crippen LogP contribution is 2.36. The van der Waals surface area contributed by atoms with Crippen molar-refractivity contribution in [1.29, 1.82) is 0 Å². The summed E-state index contributed by atoms with van der Waals surface area (Å²) in [4.78, 5) is 37.2. The van der Waals surface area contributed by atoms with Gasteiger partial charge in [-0.15, -0.1) is 0 Å². The van der Waals surface area contributed by atoms with E-state index in [2.05, 4.69) is 15.9 Å². The van der Waals surface area contributed by atoms with Crippen molar-refractivity contribution in [2.45, 2.75) is 6.54 Å². The Morgan fingerprint density at radius 3 is 2.58 bits per heavy atom. The molecule has 156 valence electrons. The molecule has 2 amide bonds. The van der Waals surface area contributed by atoms with Crippen LogP contribution in [0, 0.1) is 10.1 Å². The molecule has 2 heterocycles. The summed E-state index contributed by atoms with van der Waals surface area (Å²) in [5.74, 6) is 0.130. The number of hydrogen-bond donors (Lipinski definition) is 0. The third kappa shape index (κ3) is 4.58. The van der Waals surface area contributed by atoms with Crippen LogP contribution >= 0.6 is 39.3 Å². The summed E-state index contributed by atoms with van der Waals surface area (Å²) in [5, 5.41) is 11.2. The molecule has 0 aliphatic carbocycles. The molecule has 2 aromatic carbocycles. The van der Waals surface area contributed by atoms with Crippen LogP contribution in [0.4, 0.5) is 10.5 Å². The van der Waals surface area contributed by atoms with Crippen LogP contribution in [0.15, 0.2) is 68.4 Å². The van der Waals surface area contributed by atoms with Crippen LogP contribution < -0.4 is 0 Å². The van der Waals surface area contributed by atoms with Crippen LogP contribution in [0.5, 0.6) is 0 Å². The molecule has 4 rings (SSSR count). The van der Waals surface area contributed by atoms with Crippen LogP contribution in [0.25, 0.3) is 17.4 Å². The number of imide groups is 1. The number of hydrogen-bond acceptors (Lipinski definition) is 6. The summed E-state index contributed by atoms with van der Waals surface area (Å²) in [6.07, 6.45) is 1.46. The number of benzene rings is 2. The van der Waals surface area contributed by atoms with Gasteiger partial charge >= 0.3 is 0 Å². The molecule has 10 heteroatoms. The number of nitrogens with zero attached hydrogens (tertiary/aromatic N) is 2. The van der Waals surface area contributed by atoms with E-state index in [0.717, 1.165) is 26.7 Å². The summed E-state index contributed by atoms with van der Waals surface area (Å²) in [6, 6.07) is 14.7. The molecule has 0 atom stereocenters. The summed E-state index contributed by atoms with van der Waals surface area (Å²) in [6.45, 7) is 0.162. The lowest BCUT2D eigenvalue weighted by Gasteiger charge is -2.12. The Balaban J connectivity index is 1.57.